The molecule has 0 aliphatic heterocycles. The van der Waals surface area contributed by atoms with E-state index in [0.717, 1.165) is 18.4 Å². The molecular weight excluding hydrogens is 444 g/mol. The van der Waals surface area contributed by atoms with Gasteiger partial charge in [0.2, 0.25) is 0 Å². The second kappa shape index (κ2) is 19.7. The van der Waals surface area contributed by atoms with Crippen LogP contribution in [-0.2, 0) is 26.6 Å². The number of unbranched alkanes of at least 4 members (excludes halogenated alkanes) is 7. The molecule has 2 aromatic carbocycles. The van der Waals surface area contributed by atoms with Crippen LogP contribution >= 0.6 is 0 Å². The van der Waals surface area contributed by atoms with Crippen molar-refractivity contribution in [3.05, 3.63) is 59.7 Å². The minimum atomic E-state index is -0.313. The van der Waals surface area contributed by atoms with Crippen molar-refractivity contribution in [1.29, 1.82) is 0 Å². The first-order valence-corrected chi connectivity index (χ1v) is 11.7. The third-order valence-electron chi connectivity index (χ3n) is 5.09. The van der Waals surface area contributed by atoms with Crippen molar-refractivity contribution in [1.82, 2.24) is 0 Å². The predicted octanol–water partition coefficient (Wildman–Crippen LogP) is 7.05. The van der Waals surface area contributed by atoms with E-state index in [4.69, 9.17) is 4.74 Å². The zero-order valence-corrected chi connectivity index (χ0v) is 20.7. The van der Waals surface area contributed by atoms with E-state index in [-0.39, 0.29) is 41.7 Å². The molecule has 0 atom stereocenters. The van der Waals surface area contributed by atoms with Crippen LogP contribution in [0.5, 0.6) is 0 Å². The van der Waals surface area contributed by atoms with E-state index in [0.29, 0.717) is 18.0 Å². The van der Waals surface area contributed by atoms with Gasteiger partial charge in [0.25, 0.3) is 0 Å². The Morgan fingerprint density at radius 2 is 1.31 bits per heavy atom. The van der Waals surface area contributed by atoms with Gasteiger partial charge >= 0.3 is 5.97 Å². The van der Waals surface area contributed by atoms with Gasteiger partial charge in [-0.15, -0.1) is 6.42 Å². The normalized spacial score (nSPS) is 9.94. The average Bonchev–Trinajstić information content (AvgIpc) is 3.49. The first-order valence-electron chi connectivity index (χ1n) is 11.7. The molecule has 0 saturated heterocycles. The van der Waals surface area contributed by atoms with Crippen molar-refractivity contribution in [2.75, 3.05) is 6.61 Å². The number of ether oxygens (including phenoxy) is 1. The molecule has 0 unspecified atom stereocenters. The number of rotatable bonds is 15. The van der Waals surface area contributed by atoms with Gasteiger partial charge in [-0.25, -0.2) is 12.1 Å². The minimum absolute atomic E-state index is 0. The van der Waals surface area contributed by atoms with Gasteiger partial charge in [-0.3, -0.25) is 10.6 Å². The Labute approximate surface area is 204 Å². The summed E-state index contributed by atoms with van der Waals surface area (Å²) in [7, 11) is 0. The molecule has 0 aliphatic rings. The molecule has 0 radical (unpaired) electrons. The van der Waals surface area contributed by atoms with Crippen molar-refractivity contribution in [2.45, 2.75) is 84.5 Å². The van der Waals surface area contributed by atoms with Gasteiger partial charge in [0.15, 0.2) is 0 Å². The standard InChI is InChI=1S/C16H25O.C11H13O3.Fe/c1-2-3-4-5-6-7-8-9-14-16(17)15-12-10-11-13-15;1-2-14-11(13)8-7-10(12)9-5-3-4-6-9;/h10-13H,2-9,14H2,1H3;3-6H,2,7-8H2,1H3;/q-1;-5;. The summed E-state index contributed by atoms with van der Waals surface area (Å²) in [6.07, 6.45) is 11.4. The molecule has 0 heterocycles. The maximum absolute atomic E-state index is 11.7. The van der Waals surface area contributed by atoms with Gasteiger partial charge in [-0.1, -0.05) is 57.4 Å². The molecule has 0 amide bonds. The second-order valence-corrected chi connectivity index (χ2v) is 7.72. The van der Waals surface area contributed by atoms with Crippen LogP contribution in [0.25, 0.3) is 0 Å². The molecule has 2 aromatic rings. The Hall–Kier alpha value is -1.97. The van der Waals surface area contributed by atoms with Gasteiger partial charge in [-0.2, -0.15) is 12.1 Å². The van der Waals surface area contributed by atoms with Gasteiger partial charge in [0.1, 0.15) is 5.78 Å². The fourth-order valence-electron chi connectivity index (χ4n) is 3.28. The molecule has 184 valence electrons. The summed E-state index contributed by atoms with van der Waals surface area (Å²) >= 11 is 0. The van der Waals surface area contributed by atoms with Crippen LogP contribution in [0.1, 0.15) is 105 Å². The minimum Gasteiger partial charge on any atom is -0.718 e. The summed E-state index contributed by atoms with van der Waals surface area (Å²) in [6, 6.07) is 14.8. The van der Waals surface area contributed by atoms with Crippen LogP contribution < -0.4 is 0 Å². The molecule has 5 heteroatoms. The Morgan fingerprint density at radius 1 is 0.750 bits per heavy atom. The average molecular weight is 482 g/mol. The fourth-order valence-corrected chi connectivity index (χ4v) is 3.28. The number of carbonyl (C=O) groups is 3. The molecule has 0 spiro atoms. The third kappa shape index (κ3) is 14.2. The maximum atomic E-state index is 11.7. The van der Waals surface area contributed by atoms with Crippen molar-refractivity contribution >= 4 is 17.5 Å². The summed E-state index contributed by atoms with van der Waals surface area (Å²) in [6.45, 7) is 4.36. The molecular formula is C27H38FeO4-6. The van der Waals surface area contributed by atoms with Crippen LogP contribution in [0.3, 0.4) is 0 Å². The molecule has 0 aliphatic carbocycles. The van der Waals surface area contributed by atoms with E-state index in [1.54, 1.807) is 31.2 Å². The topological polar surface area (TPSA) is 60.4 Å². The molecule has 0 bridgehead atoms. The van der Waals surface area contributed by atoms with E-state index in [2.05, 4.69) is 6.92 Å². The summed E-state index contributed by atoms with van der Waals surface area (Å²) in [5, 5.41) is 0. The second-order valence-electron chi connectivity index (χ2n) is 7.72. The molecule has 4 nitrogen and oxygen atoms in total. The monoisotopic (exact) mass is 482 g/mol. The van der Waals surface area contributed by atoms with Gasteiger partial charge in [0.05, 0.1) is 6.61 Å². The van der Waals surface area contributed by atoms with Crippen molar-refractivity contribution in [2.24, 2.45) is 0 Å². The molecule has 32 heavy (non-hydrogen) atoms. The zero-order chi connectivity index (χ0) is 22.7. The van der Waals surface area contributed by atoms with Gasteiger partial charge in [0, 0.05) is 23.5 Å². The van der Waals surface area contributed by atoms with Crippen LogP contribution in [0.15, 0.2) is 48.5 Å². The Morgan fingerprint density at radius 3 is 1.88 bits per heavy atom. The molecule has 0 fully saturated rings. The molecule has 0 N–H and O–H groups in total. The largest absolute Gasteiger partial charge is 0.718 e. The number of carbonyl (C=O) groups excluding carboxylic acids is 3. The summed E-state index contributed by atoms with van der Waals surface area (Å²) in [4.78, 5) is 34.0. The summed E-state index contributed by atoms with van der Waals surface area (Å²) in [5.41, 5.74) is 1.54. The Bertz CT molecular complexity index is 717. The van der Waals surface area contributed by atoms with Crippen molar-refractivity contribution in [3.8, 4) is 0 Å². The van der Waals surface area contributed by atoms with Crippen LogP contribution in [0, 0.1) is 0 Å². The fraction of sp³-hybridized carbons (Fsp3) is 0.519. The van der Waals surface area contributed by atoms with E-state index in [1.165, 1.54) is 44.9 Å². The summed E-state index contributed by atoms with van der Waals surface area (Å²) < 4.78 is 4.72. The van der Waals surface area contributed by atoms with Crippen LogP contribution in [0.4, 0.5) is 0 Å². The van der Waals surface area contributed by atoms with E-state index >= 15 is 0 Å². The van der Waals surface area contributed by atoms with E-state index in [1.807, 2.05) is 24.3 Å². The SMILES string of the molecule is CCCCCCCCCCC(=O)[c-]1cccc1.CCOC(=O)CCC(=O)[c-]1[cH-][cH-][cH-][cH-]1.[Fe]. The predicted molar refractivity (Wildman–Crippen MR) is 126 cm³/mol. The first kappa shape index (κ1) is 30.0. The smallest absolute Gasteiger partial charge is 0.303 e. The maximum Gasteiger partial charge on any atom is 0.303 e. The van der Waals surface area contributed by atoms with E-state index in [9.17, 15) is 14.4 Å². The number of hydrogen-bond donors (Lipinski definition) is 0. The van der Waals surface area contributed by atoms with Crippen molar-refractivity contribution < 1.29 is 36.2 Å². The first-order chi connectivity index (χ1) is 15.1. The molecule has 2 rings (SSSR count). The van der Waals surface area contributed by atoms with Crippen LogP contribution in [0.2, 0.25) is 0 Å². The number of ketones is 2. The van der Waals surface area contributed by atoms with E-state index < -0.39 is 0 Å². The van der Waals surface area contributed by atoms with Crippen molar-refractivity contribution in [3.63, 3.8) is 0 Å². The zero-order valence-electron chi connectivity index (χ0n) is 19.6. The molecule has 0 aromatic heterocycles. The van der Waals surface area contributed by atoms with Crippen LogP contribution in [-0.4, -0.2) is 24.1 Å². The van der Waals surface area contributed by atoms with Gasteiger partial charge < -0.3 is 44.2 Å². The quantitative estimate of drug-likeness (QED) is 0.0898. The van der Waals surface area contributed by atoms with Gasteiger partial charge in [-0.05, 0) is 19.8 Å². The number of Topliss-reactive ketones (excluding diaryl/α,β-unsaturated/α-hetero) is 2. The third-order valence-corrected chi connectivity index (χ3v) is 5.09. The molecule has 0 saturated carbocycles. The number of esters is 1. The summed E-state index contributed by atoms with van der Waals surface area (Å²) in [5.74, 6) is -0.0172. The Balaban J connectivity index is 0.000000592. The number of hydrogen-bond acceptors (Lipinski definition) is 4. The Kier molecular flexibility index (Phi) is 18.5.